The molecule has 0 heterocycles. The van der Waals surface area contributed by atoms with E-state index in [2.05, 4.69) is 21.2 Å². The lowest BCUT2D eigenvalue weighted by molar-refractivity contribution is 0.102. The summed E-state index contributed by atoms with van der Waals surface area (Å²) in [4.78, 5) is 12.4. The zero-order valence-corrected chi connectivity index (χ0v) is 14.1. The van der Waals surface area contributed by atoms with E-state index in [4.69, 9.17) is 16.3 Å². The summed E-state index contributed by atoms with van der Waals surface area (Å²) < 4.78 is 6.28. The zero-order chi connectivity index (χ0) is 15.4. The molecule has 0 saturated carbocycles. The van der Waals surface area contributed by atoms with E-state index in [1.54, 1.807) is 24.3 Å². The maximum Gasteiger partial charge on any atom is 0.256 e. The van der Waals surface area contributed by atoms with Crippen LogP contribution in [0.2, 0.25) is 5.02 Å². The third kappa shape index (κ3) is 3.77. The van der Waals surface area contributed by atoms with Crippen LogP contribution in [-0.2, 0) is 0 Å². The Morgan fingerprint density at radius 2 is 2.10 bits per heavy atom. The summed E-state index contributed by atoms with van der Waals surface area (Å²) in [5.41, 5.74) is 2.12. The number of benzene rings is 2. The predicted molar refractivity (Wildman–Crippen MR) is 89.5 cm³/mol. The van der Waals surface area contributed by atoms with Gasteiger partial charge in [0, 0.05) is 9.50 Å². The lowest BCUT2D eigenvalue weighted by Gasteiger charge is -2.13. The molecule has 0 spiro atoms. The van der Waals surface area contributed by atoms with E-state index < -0.39 is 0 Å². The van der Waals surface area contributed by atoms with Gasteiger partial charge in [-0.05, 0) is 59.6 Å². The van der Waals surface area contributed by atoms with Gasteiger partial charge >= 0.3 is 0 Å². The SMILES string of the molecule is CCOc1ccc(Cl)cc1NC(=O)c1cccc(C)c1Br. The van der Waals surface area contributed by atoms with Gasteiger partial charge in [-0.2, -0.15) is 0 Å². The van der Waals surface area contributed by atoms with E-state index in [0.29, 0.717) is 28.6 Å². The number of aryl methyl sites for hydroxylation is 1. The Labute approximate surface area is 137 Å². The highest BCUT2D eigenvalue weighted by Crippen LogP contribution is 2.29. The van der Waals surface area contributed by atoms with Gasteiger partial charge in [0.2, 0.25) is 0 Å². The van der Waals surface area contributed by atoms with Gasteiger partial charge in [0.05, 0.1) is 17.9 Å². The molecular weight excluding hydrogens is 354 g/mol. The predicted octanol–water partition coefficient (Wildman–Crippen LogP) is 5.06. The molecule has 0 radical (unpaired) electrons. The van der Waals surface area contributed by atoms with Crippen molar-refractivity contribution in [2.45, 2.75) is 13.8 Å². The van der Waals surface area contributed by atoms with Crippen LogP contribution in [0, 0.1) is 6.92 Å². The average molecular weight is 369 g/mol. The highest BCUT2D eigenvalue weighted by atomic mass is 79.9. The molecule has 1 amide bonds. The largest absolute Gasteiger partial charge is 0.492 e. The van der Waals surface area contributed by atoms with E-state index in [0.717, 1.165) is 10.0 Å². The molecule has 21 heavy (non-hydrogen) atoms. The van der Waals surface area contributed by atoms with Gasteiger partial charge < -0.3 is 10.1 Å². The number of carbonyl (C=O) groups is 1. The third-order valence-corrected chi connectivity index (χ3v) is 4.21. The van der Waals surface area contributed by atoms with Gasteiger partial charge in [0.15, 0.2) is 0 Å². The second-order valence-corrected chi connectivity index (χ2v) is 5.69. The number of ether oxygens (including phenoxy) is 1. The van der Waals surface area contributed by atoms with Crippen molar-refractivity contribution < 1.29 is 9.53 Å². The molecule has 110 valence electrons. The van der Waals surface area contributed by atoms with Crippen LogP contribution in [0.5, 0.6) is 5.75 Å². The highest BCUT2D eigenvalue weighted by molar-refractivity contribution is 9.10. The molecule has 0 unspecified atom stereocenters. The Morgan fingerprint density at radius 1 is 1.33 bits per heavy atom. The minimum absolute atomic E-state index is 0.214. The number of carbonyl (C=O) groups excluding carboxylic acids is 1. The first-order valence-corrected chi connectivity index (χ1v) is 7.69. The van der Waals surface area contributed by atoms with Gasteiger partial charge in [-0.3, -0.25) is 4.79 Å². The molecule has 5 heteroatoms. The number of hydrogen-bond donors (Lipinski definition) is 1. The highest BCUT2D eigenvalue weighted by Gasteiger charge is 2.14. The molecule has 0 bridgehead atoms. The summed E-state index contributed by atoms with van der Waals surface area (Å²) in [6, 6.07) is 10.7. The second-order valence-electron chi connectivity index (χ2n) is 4.46. The van der Waals surface area contributed by atoms with Gasteiger partial charge in [-0.1, -0.05) is 23.7 Å². The maximum atomic E-state index is 12.4. The van der Waals surface area contributed by atoms with E-state index in [1.165, 1.54) is 0 Å². The maximum absolute atomic E-state index is 12.4. The van der Waals surface area contributed by atoms with E-state index in [1.807, 2.05) is 26.0 Å². The molecule has 2 aromatic carbocycles. The fourth-order valence-corrected chi connectivity index (χ4v) is 2.51. The Kier molecular flexibility index (Phi) is 5.26. The number of hydrogen-bond acceptors (Lipinski definition) is 2. The Balaban J connectivity index is 2.31. The van der Waals surface area contributed by atoms with Crippen LogP contribution in [-0.4, -0.2) is 12.5 Å². The molecule has 0 aromatic heterocycles. The van der Waals surface area contributed by atoms with Crippen molar-refractivity contribution in [2.24, 2.45) is 0 Å². The summed E-state index contributed by atoms with van der Waals surface area (Å²) in [5, 5.41) is 3.38. The minimum atomic E-state index is -0.214. The second kappa shape index (κ2) is 6.96. The van der Waals surface area contributed by atoms with Gasteiger partial charge in [-0.15, -0.1) is 0 Å². The van der Waals surface area contributed by atoms with Gasteiger partial charge in [0.1, 0.15) is 5.75 Å². The topological polar surface area (TPSA) is 38.3 Å². The van der Waals surface area contributed by atoms with E-state index in [-0.39, 0.29) is 5.91 Å². The molecule has 0 aliphatic carbocycles. The first-order valence-electron chi connectivity index (χ1n) is 6.51. The quantitative estimate of drug-likeness (QED) is 0.819. The van der Waals surface area contributed by atoms with Crippen molar-refractivity contribution in [2.75, 3.05) is 11.9 Å². The average Bonchev–Trinajstić information content (AvgIpc) is 2.45. The fourth-order valence-electron chi connectivity index (χ4n) is 1.89. The smallest absolute Gasteiger partial charge is 0.256 e. The van der Waals surface area contributed by atoms with Crippen molar-refractivity contribution in [1.29, 1.82) is 0 Å². The third-order valence-electron chi connectivity index (χ3n) is 2.93. The number of halogens is 2. The molecule has 0 atom stereocenters. The van der Waals surface area contributed by atoms with Gasteiger partial charge in [-0.25, -0.2) is 0 Å². The Bertz CT molecular complexity index is 673. The molecule has 0 aliphatic heterocycles. The van der Waals surface area contributed by atoms with Crippen molar-refractivity contribution >= 4 is 39.1 Å². The molecule has 1 N–H and O–H groups in total. The number of anilines is 1. The standard InChI is InChI=1S/C16H15BrClNO2/c1-3-21-14-8-7-11(18)9-13(14)19-16(20)12-6-4-5-10(2)15(12)17/h4-9H,3H2,1-2H3,(H,19,20). The fraction of sp³-hybridized carbons (Fsp3) is 0.188. The van der Waals surface area contributed by atoms with Crippen LogP contribution in [0.15, 0.2) is 40.9 Å². The first kappa shape index (κ1) is 15.9. The monoisotopic (exact) mass is 367 g/mol. The van der Waals surface area contributed by atoms with Crippen LogP contribution in [0.1, 0.15) is 22.8 Å². The lowest BCUT2D eigenvalue weighted by Crippen LogP contribution is -2.14. The van der Waals surface area contributed by atoms with Crippen LogP contribution in [0.3, 0.4) is 0 Å². The lowest BCUT2D eigenvalue weighted by atomic mass is 10.1. The van der Waals surface area contributed by atoms with Crippen molar-refractivity contribution in [3.05, 3.63) is 57.0 Å². The van der Waals surface area contributed by atoms with Crippen molar-refractivity contribution in [1.82, 2.24) is 0 Å². The Hall–Kier alpha value is -1.52. The summed E-state index contributed by atoms with van der Waals surface area (Å²) >= 11 is 9.43. The molecular formula is C16H15BrClNO2. The molecule has 0 aliphatic rings. The number of rotatable bonds is 4. The van der Waals surface area contributed by atoms with Crippen molar-refractivity contribution in [3.8, 4) is 5.75 Å². The normalized spacial score (nSPS) is 10.3. The summed E-state index contributed by atoms with van der Waals surface area (Å²) in [6.07, 6.45) is 0. The first-order chi connectivity index (χ1) is 10.0. The summed E-state index contributed by atoms with van der Waals surface area (Å²) in [5.74, 6) is 0.382. The summed E-state index contributed by atoms with van der Waals surface area (Å²) in [7, 11) is 0. The van der Waals surface area contributed by atoms with Crippen LogP contribution in [0.25, 0.3) is 0 Å². The molecule has 2 rings (SSSR count). The van der Waals surface area contributed by atoms with E-state index >= 15 is 0 Å². The van der Waals surface area contributed by atoms with Crippen molar-refractivity contribution in [3.63, 3.8) is 0 Å². The minimum Gasteiger partial charge on any atom is -0.492 e. The number of amides is 1. The Morgan fingerprint density at radius 3 is 2.81 bits per heavy atom. The van der Waals surface area contributed by atoms with Crippen LogP contribution >= 0.6 is 27.5 Å². The zero-order valence-electron chi connectivity index (χ0n) is 11.7. The molecule has 3 nitrogen and oxygen atoms in total. The molecule has 0 saturated heterocycles. The van der Waals surface area contributed by atoms with Crippen LogP contribution < -0.4 is 10.1 Å². The van der Waals surface area contributed by atoms with Gasteiger partial charge in [0.25, 0.3) is 5.91 Å². The molecule has 0 fully saturated rings. The molecule has 2 aromatic rings. The summed E-state index contributed by atoms with van der Waals surface area (Å²) in [6.45, 7) is 4.34. The van der Waals surface area contributed by atoms with E-state index in [9.17, 15) is 4.79 Å². The number of nitrogens with one attached hydrogen (secondary N) is 1. The van der Waals surface area contributed by atoms with Crippen LogP contribution in [0.4, 0.5) is 5.69 Å².